The number of fused-ring (bicyclic) bond motifs is 1. The second kappa shape index (κ2) is 13.2. The molecular weight excluding hydrogens is 512 g/mol. The molecule has 11 nitrogen and oxygen atoms in total. The van der Waals surface area contributed by atoms with E-state index < -0.39 is 6.09 Å². The fourth-order valence-corrected chi connectivity index (χ4v) is 4.56. The van der Waals surface area contributed by atoms with Crippen LogP contribution in [-0.4, -0.2) is 60.9 Å². The average Bonchev–Trinajstić information content (AvgIpc) is 3.35. The van der Waals surface area contributed by atoms with Crippen LogP contribution < -0.4 is 30.7 Å². The van der Waals surface area contributed by atoms with Crippen LogP contribution >= 0.6 is 0 Å². The number of ether oxygens (including phenoxy) is 3. The highest BCUT2D eigenvalue weighted by molar-refractivity contribution is 5.95. The van der Waals surface area contributed by atoms with E-state index in [-0.39, 0.29) is 18.6 Å². The molecule has 0 aliphatic carbocycles. The van der Waals surface area contributed by atoms with E-state index >= 15 is 0 Å². The third kappa shape index (κ3) is 7.04. The molecule has 5 rings (SSSR count). The maximum Gasteiger partial charge on any atom is 0.415 e. The fourth-order valence-electron chi connectivity index (χ4n) is 4.56. The summed E-state index contributed by atoms with van der Waals surface area (Å²) in [6.07, 6.45) is 2.95. The van der Waals surface area contributed by atoms with Crippen molar-refractivity contribution < 1.29 is 23.8 Å². The molecule has 0 radical (unpaired) electrons. The lowest BCUT2D eigenvalue weighted by Crippen LogP contribution is -2.29. The number of nitrogens with two attached hydrogens (primary N) is 1. The fraction of sp³-hybridized carbons (Fsp3) is 0.379. The van der Waals surface area contributed by atoms with Crippen LogP contribution in [0, 0.1) is 0 Å². The lowest BCUT2D eigenvalue weighted by atomic mass is 10.1. The number of pyridine rings is 2. The van der Waals surface area contributed by atoms with Gasteiger partial charge in [-0.2, -0.15) is 0 Å². The lowest BCUT2D eigenvalue weighted by Gasteiger charge is -2.19. The van der Waals surface area contributed by atoms with Crippen LogP contribution in [0.2, 0.25) is 0 Å². The van der Waals surface area contributed by atoms with Crippen LogP contribution in [0.4, 0.5) is 16.4 Å². The Kier molecular flexibility index (Phi) is 9.04. The van der Waals surface area contributed by atoms with Crippen molar-refractivity contribution in [1.82, 2.24) is 15.3 Å². The second-order valence-corrected chi connectivity index (χ2v) is 9.69. The highest BCUT2D eigenvalue weighted by Crippen LogP contribution is 2.30. The predicted molar refractivity (Wildman–Crippen MR) is 150 cm³/mol. The van der Waals surface area contributed by atoms with Gasteiger partial charge in [-0.25, -0.2) is 14.8 Å². The van der Waals surface area contributed by atoms with Gasteiger partial charge in [0.2, 0.25) is 5.88 Å². The molecular formula is C29H34N6O5. The van der Waals surface area contributed by atoms with E-state index in [2.05, 4.69) is 32.7 Å². The van der Waals surface area contributed by atoms with Gasteiger partial charge in [0.15, 0.2) is 18.2 Å². The van der Waals surface area contributed by atoms with Crippen LogP contribution in [0.25, 0.3) is 11.3 Å². The quantitative estimate of drug-likeness (QED) is 0.275. The normalized spacial score (nSPS) is 16.2. The minimum absolute atomic E-state index is 0.0472. The Morgan fingerprint density at radius 2 is 1.98 bits per heavy atom. The van der Waals surface area contributed by atoms with Crippen LogP contribution in [0.5, 0.6) is 11.6 Å². The summed E-state index contributed by atoms with van der Waals surface area (Å²) in [6.45, 7) is 3.01. The van der Waals surface area contributed by atoms with Crippen molar-refractivity contribution >= 4 is 23.6 Å². The first kappa shape index (κ1) is 27.4. The molecule has 2 aliphatic heterocycles. The van der Waals surface area contributed by atoms with Gasteiger partial charge in [-0.05, 0) is 68.6 Å². The molecule has 40 heavy (non-hydrogen) atoms. The minimum atomic E-state index is -0.456. The highest BCUT2D eigenvalue weighted by Gasteiger charge is 2.33. The van der Waals surface area contributed by atoms with Gasteiger partial charge >= 0.3 is 6.09 Å². The number of nitrogens with one attached hydrogen (secondary N) is 2. The zero-order chi connectivity index (χ0) is 27.7. The molecule has 0 bridgehead atoms. The van der Waals surface area contributed by atoms with Gasteiger partial charge in [-0.1, -0.05) is 24.3 Å². The molecule has 4 heterocycles. The summed E-state index contributed by atoms with van der Waals surface area (Å²) in [5.74, 6) is 1.54. The van der Waals surface area contributed by atoms with Gasteiger partial charge in [0.05, 0.1) is 18.8 Å². The topological polar surface area (TPSA) is 141 Å². The number of hydrogen-bond donors (Lipinski definition) is 3. The van der Waals surface area contributed by atoms with Gasteiger partial charge < -0.3 is 30.6 Å². The number of cyclic esters (lactones) is 1. The Morgan fingerprint density at radius 1 is 1.07 bits per heavy atom. The van der Waals surface area contributed by atoms with E-state index in [1.165, 1.54) is 4.90 Å². The number of carbonyl (C=O) groups excluding carboxylic acids is 2. The monoisotopic (exact) mass is 546 g/mol. The molecule has 4 N–H and O–H groups in total. The number of hydrogen-bond acceptors (Lipinski definition) is 9. The molecule has 1 aromatic carbocycles. The summed E-state index contributed by atoms with van der Waals surface area (Å²) in [6, 6.07) is 17.4. The minimum Gasteiger partial charge on any atom is -0.480 e. The molecule has 210 valence electrons. The van der Waals surface area contributed by atoms with Crippen molar-refractivity contribution in [2.24, 2.45) is 5.73 Å². The Morgan fingerprint density at radius 3 is 2.88 bits per heavy atom. The van der Waals surface area contributed by atoms with E-state index in [4.69, 9.17) is 19.9 Å². The van der Waals surface area contributed by atoms with Crippen LogP contribution in [0.15, 0.2) is 54.6 Å². The standard InChI is InChI=1S/C29H34N6O5/c30-13-2-1-3-15-38-27-9-5-8-23(32-27)21-7-4-6-20(16-21)17-31-14-12-22-18-35(29(37)40-22)25-11-10-24-28(33-25)34-26(36)19-39-24/h4-11,16,22,31H,1-3,12-15,17-19,30H2,(H,33,34,36)/t22-/m0/s1. The zero-order valence-corrected chi connectivity index (χ0v) is 22.3. The Balaban J connectivity index is 1.09. The molecule has 2 aliphatic rings. The molecule has 2 aromatic heterocycles. The van der Waals surface area contributed by atoms with Crippen molar-refractivity contribution in [1.29, 1.82) is 0 Å². The van der Waals surface area contributed by atoms with Gasteiger partial charge in [0.1, 0.15) is 11.9 Å². The highest BCUT2D eigenvalue weighted by atomic mass is 16.6. The first-order chi connectivity index (χ1) is 19.6. The van der Waals surface area contributed by atoms with Crippen molar-refractivity contribution in [2.75, 3.05) is 43.1 Å². The summed E-state index contributed by atoms with van der Waals surface area (Å²) in [4.78, 5) is 34.6. The molecule has 1 atom stereocenters. The number of benzene rings is 1. The lowest BCUT2D eigenvalue weighted by molar-refractivity contribution is -0.118. The number of anilines is 2. The number of carbonyl (C=O) groups is 2. The summed E-state index contributed by atoms with van der Waals surface area (Å²) < 4.78 is 16.7. The molecule has 0 unspecified atom stereocenters. The molecule has 11 heteroatoms. The molecule has 2 amide bonds. The largest absolute Gasteiger partial charge is 0.480 e. The number of aromatic nitrogens is 2. The van der Waals surface area contributed by atoms with Crippen LogP contribution in [-0.2, 0) is 16.1 Å². The van der Waals surface area contributed by atoms with Gasteiger partial charge in [-0.15, -0.1) is 0 Å². The number of rotatable bonds is 13. The first-order valence-corrected chi connectivity index (χ1v) is 13.6. The third-order valence-electron chi connectivity index (χ3n) is 6.63. The molecule has 1 fully saturated rings. The summed E-state index contributed by atoms with van der Waals surface area (Å²) in [7, 11) is 0. The average molecular weight is 547 g/mol. The van der Waals surface area contributed by atoms with Crippen LogP contribution in [0.3, 0.4) is 0 Å². The van der Waals surface area contributed by atoms with Crippen molar-refractivity contribution in [3.63, 3.8) is 0 Å². The Bertz CT molecular complexity index is 1340. The summed E-state index contributed by atoms with van der Waals surface area (Å²) in [5, 5.41) is 6.10. The summed E-state index contributed by atoms with van der Waals surface area (Å²) in [5.41, 5.74) is 8.55. The number of nitrogens with zero attached hydrogens (tertiary/aromatic N) is 3. The molecule has 3 aromatic rings. The second-order valence-electron chi connectivity index (χ2n) is 9.69. The van der Waals surface area contributed by atoms with Crippen molar-refractivity contribution in [2.45, 2.75) is 38.3 Å². The zero-order valence-electron chi connectivity index (χ0n) is 22.3. The Labute approximate surface area is 233 Å². The first-order valence-electron chi connectivity index (χ1n) is 13.6. The van der Waals surface area contributed by atoms with E-state index in [0.29, 0.717) is 62.5 Å². The van der Waals surface area contributed by atoms with E-state index in [1.54, 1.807) is 12.1 Å². The molecule has 0 saturated carbocycles. The van der Waals surface area contributed by atoms with Gasteiger partial charge in [0.25, 0.3) is 5.91 Å². The SMILES string of the molecule is NCCCCCOc1cccc(-c2cccc(CNCC[C@H]3CN(c4ccc5c(n4)NC(=O)CO5)C(=O)O3)c2)n1. The maximum atomic E-state index is 12.5. The van der Waals surface area contributed by atoms with E-state index in [9.17, 15) is 9.59 Å². The molecule has 0 spiro atoms. The predicted octanol–water partition coefficient (Wildman–Crippen LogP) is 3.49. The number of unbranched alkanes of at least 4 members (excludes halogenated alkanes) is 2. The number of amides is 2. The molecule has 1 saturated heterocycles. The van der Waals surface area contributed by atoms with Crippen molar-refractivity contribution in [3.8, 4) is 22.9 Å². The van der Waals surface area contributed by atoms with Gasteiger partial charge in [-0.3, -0.25) is 9.69 Å². The third-order valence-corrected chi connectivity index (χ3v) is 6.63. The Hall–Kier alpha value is -4.22. The van der Waals surface area contributed by atoms with Gasteiger partial charge in [0, 0.05) is 18.2 Å². The van der Waals surface area contributed by atoms with E-state index in [0.717, 1.165) is 36.1 Å². The van der Waals surface area contributed by atoms with E-state index in [1.807, 2.05) is 30.3 Å². The van der Waals surface area contributed by atoms with Crippen LogP contribution in [0.1, 0.15) is 31.2 Å². The smallest absolute Gasteiger partial charge is 0.415 e. The summed E-state index contributed by atoms with van der Waals surface area (Å²) >= 11 is 0. The maximum absolute atomic E-state index is 12.5. The van der Waals surface area contributed by atoms with Crippen molar-refractivity contribution in [3.05, 3.63) is 60.2 Å².